The fourth-order valence-corrected chi connectivity index (χ4v) is 3.19. The van der Waals surface area contributed by atoms with Crippen LogP contribution in [0.5, 0.6) is 17.4 Å². The normalized spacial score (nSPS) is 14.2. The number of nitrogens with zero attached hydrogens (tertiary/aromatic N) is 3. The van der Waals surface area contributed by atoms with Crippen LogP contribution in [0, 0.1) is 23.0 Å². The highest BCUT2D eigenvalue weighted by atomic mass is 19.2. The molecule has 0 aliphatic carbocycles. The zero-order valence-electron chi connectivity index (χ0n) is 15.9. The summed E-state index contributed by atoms with van der Waals surface area (Å²) in [6.45, 7) is 1.76. The molecule has 0 spiro atoms. The molecule has 3 aromatic rings. The highest BCUT2D eigenvalue weighted by molar-refractivity contribution is 5.64. The number of piperidine rings is 1. The Morgan fingerprint density at radius 1 is 0.967 bits per heavy atom. The third-order valence-electron chi connectivity index (χ3n) is 4.67. The van der Waals surface area contributed by atoms with E-state index in [0.29, 0.717) is 22.6 Å². The molecule has 1 aliphatic rings. The van der Waals surface area contributed by atoms with Crippen LogP contribution in [0.25, 0.3) is 11.1 Å². The smallest absolute Gasteiger partial charge is 0.224 e. The molecule has 30 heavy (non-hydrogen) atoms. The number of rotatable bonds is 5. The van der Waals surface area contributed by atoms with Crippen LogP contribution >= 0.6 is 0 Å². The van der Waals surface area contributed by atoms with Crippen molar-refractivity contribution in [2.75, 3.05) is 13.1 Å². The van der Waals surface area contributed by atoms with Crippen LogP contribution in [-0.2, 0) is 0 Å². The van der Waals surface area contributed by atoms with Crippen LogP contribution in [0.4, 0.5) is 8.78 Å². The Morgan fingerprint density at radius 2 is 1.80 bits per heavy atom. The molecule has 1 aliphatic heterocycles. The second kappa shape index (κ2) is 8.84. The van der Waals surface area contributed by atoms with E-state index >= 15 is 0 Å². The lowest BCUT2D eigenvalue weighted by atomic mass is 10.1. The van der Waals surface area contributed by atoms with Crippen molar-refractivity contribution in [2.24, 2.45) is 0 Å². The van der Waals surface area contributed by atoms with Gasteiger partial charge in [0.15, 0.2) is 11.6 Å². The molecule has 0 amide bonds. The zero-order chi connectivity index (χ0) is 20.9. The Kier molecular flexibility index (Phi) is 5.82. The van der Waals surface area contributed by atoms with Crippen LogP contribution in [0.15, 0.2) is 48.8 Å². The van der Waals surface area contributed by atoms with E-state index < -0.39 is 11.6 Å². The van der Waals surface area contributed by atoms with Crippen molar-refractivity contribution in [3.63, 3.8) is 0 Å². The highest BCUT2D eigenvalue weighted by Gasteiger charge is 2.16. The summed E-state index contributed by atoms with van der Waals surface area (Å²) in [6.07, 6.45) is 4.80. The number of benzene rings is 1. The Hall–Kier alpha value is -3.57. The van der Waals surface area contributed by atoms with E-state index in [0.717, 1.165) is 38.1 Å². The number of halogens is 2. The summed E-state index contributed by atoms with van der Waals surface area (Å²) in [5.74, 6) is -0.831. The van der Waals surface area contributed by atoms with Crippen LogP contribution in [-0.4, -0.2) is 29.2 Å². The topological polar surface area (TPSA) is 80.1 Å². The van der Waals surface area contributed by atoms with Gasteiger partial charge >= 0.3 is 0 Å². The van der Waals surface area contributed by atoms with E-state index in [4.69, 9.17) is 9.47 Å². The minimum absolute atomic E-state index is 0.0615. The van der Waals surface area contributed by atoms with Gasteiger partial charge in [0.2, 0.25) is 5.88 Å². The maximum atomic E-state index is 13.5. The van der Waals surface area contributed by atoms with Crippen LogP contribution < -0.4 is 14.8 Å². The highest BCUT2D eigenvalue weighted by Crippen LogP contribution is 2.29. The van der Waals surface area contributed by atoms with Gasteiger partial charge in [0.1, 0.15) is 29.4 Å². The van der Waals surface area contributed by atoms with Crippen molar-refractivity contribution in [1.29, 1.82) is 5.26 Å². The van der Waals surface area contributed by atoms with Gasteiger partial charge in [-0.15, -0.1) is 0 Å². The Balaban J connectivity index is 1.57. The average molecular weight is 408 g/mol. The molecule has 152 valence electrons. The molecule has 6 nitrogen and oxygen atoms in total. The van der Waals surface area contributed by atoms with Crippen molar-refractivity contribution >= 4 is 0 Å². The quantitative estimate of drug-likeness (QED) is 0.681. The van der Waals surface area contributed by atoms with Crippen molar-refractivity contribution in [2.45, 2.75) is 18.9 Å². The molecular formula is C22H18F2N4O2. The summed E-state index contributed by atoms with van der Waals surface area (Å²) in [5.41, 5.74) is 1.18. The standard InChI is InChI=1S/C22H18F2N4O2/c23-20-2-1-14(8-21(20)24)15-7-19(13-27-12-15)30-22-10-18(9-16(11-25)28-22)29-17-3-5-26-6-4-17/h1-2,7-10,12-13,17,26H,3-6H2. The van der Waals surface area contributed by atoms with E-state index in [1.54, 1.807) is 18.2 Å². The number of nitrogens with one attached hydrogen (secondary N) is 1. The Bertz CT molecular complexity index is 1090. The molecule has 0 atom stereocenters. The summed E-state index contributed by atoms with van der Waals surface area (Å²) in [7, 11) is 0. The summed E-state index contributed by atoms with van der Waals surface area (Å²) in [5, 5.41) is 12.6. The number of hydrogen-bond donors (Lipinski definition) is 1. The summed E-state index contributed by atoms with van der Waals surface area (Å²) >= 11 is 0. The van der Waals surface area contributed by atoms with Gasteiger partial charge in [0.25, 0.3) is 0 Å². The molecular weight excluding hydrogens is 390 g/mol. The number of hydrogen-bond acceptors (Lipinski definition) is 6. The van der Waals surface area contributed by atoms with Crippen LogP contribution in [0.3, 0.4) is 0 Å². The number of aromatic nitrogens is 2. The predicted molar refractivity (Wildman–Crippen MR) is 105 cm³/mol. The molecule has 4 rings (SSSR count). The van der Waals surface area contributed by atoms with Gasteiger partial charge in [-0.05, 0) is 49.7 Å². The van der Waals surface area contributed by atoms with Crippen LogP contribution in [0.2, 0.25) is 0 Å². The Morgan fingerprint density at radius 3 is 2.57 bits per heavy atom. The molecule has 0 unspecified atom stereocenters. The van der Waals surface area contributed by atoms with Crippen LogP contribution in [0.1, 0.15) is 18.5 Å². The lowest BCUT2D eigenvalue weighted by Gasteiger charge is -2.24. The third-order valence-corrected chi connectivity index (χ3v) is 4.67. The SMILES string of the molecule is N#Cc1cc(OC2CCNCC2)cc(Oc2cncc(-c3ccc(F)c(F)c3)c2)n1. The molecule has 1 N–H and O–H groups in total. The zero-order valence-corrected chi connectivity index (χ0v) is 15.9. The summed E-state index contributed by atoms with van der Waals surface area (Å²) in [6, 6.07) is 10.4. The van der Waals surface area contributed by atoms with Gasteiger partial charge in [-0.3, -0.25) is 4.98 Å². The predicted octanol–water partition coefficient (Wildman–Crippen LogP) is 4.22. The first-order chi connectivity index (χ1) is 14.6. The summed E-state index contributed by atoms with van der Waals surface area (Å²) in [4.78, 5) is 8.25. The monoisotopic (exact) mass is 408 g/mol. The first kappa shape index (κ1) is 19.7. The second-order valence-corrected chi connectivity index (χ2v) is 6.85. The van der Waals surface area contributed by atoms with Crippen molar-refractivity contribution < 1.29 is 18.3 Å². The van der Waals surface area contributed by atoms with Gasteiger partial charge in [-0.2, -0.15) is 5.26 Å². The minimum Gasteiger partial charge on any atom is -0.490 e. The molecule has 8 heteroatoms. The number of nitriles is 1. The van der Waals surface area contributed by atoms with E-state index in [2.05, 4.69) is 15.3 Å². The van der Waals surface area contributed by atoms with E-state index in [1.165, 1.54) is 18.5 Å². The number of ether oxygens (including phenoxy) is 2. The largest absolute Gasteiger partial charge is 0.490 e. The van der Waals surface area contributed by atoms with Crippen molar-refractivity contribution in [3.8, 4) is 34.6 Å². The summed E-state index contributed by atoms with van der Waals surface area (Å²) < 4.78 is 38.5. The lowest BCUT2D eigenvalue weighted by molar-refractivity contribution is 0.162. The number of pyridine rings is 2. The van der Waals surface area contributed by atoms with E-state index in [1.807, 2.05) is 6.07 Å². The van der Waals surface area contributed by atoms with Gasteiger partial charge in [0, 0.05) is 23.9 Å². The van der Waals surface area contributed by atoms with E-state index in [-0.39, 0.29) is 17.7 Å². The molecule has 0 bridgehead atoms. The fraction of sp³-hybridized carbons (Fsp3) is 0.227. The maximum Gasteiger partial charge on any atom is 0.224 e. The first-order valence-electron chi connectivity index (χ1n) is 9.48. The molecule has 0 radical (unpaired) electrons. The minimum atomic E-state index is -0.943. The van der Waals surface area contributed by atoms with Gasteiger partial charge < -0.3 is 14.8 Å². The van der Waals surface area contributed by atoms with Crippen molar-refractivity contribution in [3.05, 3.63) is 66.1 Å². The molecule has 0 saturated carbocycles. The Labute approximate surface area is 172 Å². The average Bonchev–Trinajstić information content (AvgIpc) is 2.76. The molecule has 3 heterocycles. The third kappa shape index (κ3) is 4.70. The van der Waals surface area contributed by atoms with Gasteiger partial charge in [-0.1, -0.05) is 6.07 Å². The molecule has 1 aromatic carbocycles. The first-order valence-corrected chi connectivity index (χ1v) is 9.48. The second-order valence-electron chi connectivity index (χ2n) is 6.85. The van der Waals surface area contributed by atoms with E-state index in [9.17, 15) is 14.0 Å². The fourth-order valence-electron chi connectivity index (χ4n) is 3.19. The molecule has 1 saturated heterocycles. The maximum absolute atomic E-state index is 13.5. The van der Waals surface area contributed by atoms with Crippen molar-refractivity contribution in [1.82, 2.24) is 15.3 Å². The molecule has 1 fully saturated rings. The lowest BCUT2D eigenvalue weighted by Crippen LogP contribution is -2.34. The van der Waals surface area contributed by atoms with Gasteiger partial charge in [-0.25, -0.2) is 13.8 Å². The van der Waals surface area contributed by atoms with Gasteiger partial charge in [0.05, 0.1) is 6.20 Å². The molecule has 2 aromatic heterocycles.